The van der Waals surface area contributed by atoms with Crippen molar-refractivity contribution in [3.63, 3.8) is 0 Å². The third-order valence-corrected chi connectivity index (χ3v) is 3.35. The van der Waals surface area contributed by atoms with E-state index in [1.54, 1.807) is 0 Å². The van der Waals surface area contributed by atoms with Crippen LogP contribution >= 0.6 is 0 Å². The molecule has 0 saturated carbocycles. The van der Waals surface area contributed by atoms with Crippen LogP contribution < -0.4 is 11.1 Å². The Labute approximate surface area is 104 Å². The van der Waals surface area contributed by atoms with Gasteiger partial charge < -0.3 is 20.7 Å². The lowest BCUT2D eigenvalue weighted by atomic mass is 9.96. The van der Waals surface area contributed by atoms with E-state index in [0.717, 1.165) is 52.2 Å². The maximum Gasteiger partial charge on any atom is 0.237 e. The van der Waals surface area contributed by atoms with Crippen LogP contribution in [-0.2, 0) is 9.53 Å². The van der Waals surface area contributed by atoms with Crippen LogP contribution in [-0.4, -0.2) is 55.7 Å². The first-order valence-corrected chi connectivity index (χ1v) is 6.43. The van der Waals surface area contributed by atoms with Gasteiger partial charge in [0, 0.05) is 26.2 Å². The van der Waals surface area contributed by atoms with Crippen molar-refractivity contribution in [1.29, 1.82) is 0 Å². The second-order valence-electron chi connectivity index (χ2n) is 4.78. The number of ether oxygens (including phenoxy) is 1. The van der Waals surface area contributed by atoms with E-state index in [2.05, 4.69) is 10.2 Å². The molecule has 0 bridgehead atoms. The molecule has 0 spiro atoms. The molecular formula is C12H25N3O2. The highest BCUT2D eigenvalue weighted by Crippen LogP contribution is 2.11. The van der Waals surface area contributed by atoms with Crippen LogP contribution in [0.1, 0.15) is 26.7 Å². The summed E-state index contributed by atoms with van der Waals surface area (Å²) in [4.78, 5) is 13.8. The van der Waals surface area contributed by atoms with Gasteiger partial charge in [0.2, 0.25) is 5.91 Å². The zero-order valence-corrected chi connectivity index (χ0v) is 11.0. The molecule has 1 heterocycles. The number of nitrogens with zero attached hydrogens (tertiary/aromatic N) is 1. The molecule has 5 nitrogen and oxygen atoms in total. The Hall–Kier alpha value is -0.650. The van der Waals surface area contributed by atoms with Gasteiger partial charge >= 0.3 is 0 Å². The average molecular weight is 243 g/mol. The number of hydrogen-bond acceptors (Lipinski definition) is 4. The van der Waals surface area contributed by atoms with Crippen LogP contribution in [0.2, 0.25) is 0 Å². The predicted octanol–water partition coefficient (Wildman–Crippen LogP) is -0.0477. The van der Waals surface area contributed by atoms with Crippen molar-refractivity contribution < 1.29 is 9.53 Å². The van der Waals surface area contributed by atoms with Crippen LogP contribution in [0.15, 0.2) is 0 Å². The van der Waals surface area contributed by atoms with Gasteiger partial charge in [-0.25, -0.2) is 0 Å². The molecule has 1 unspecified atom stereocenters. The molecule has 1 saturated heterocycles. The summed E-state index contributed by atoms with van der Waals surface area (Å²) in [5, 5.41) is 3.18. The fourth-order valence-corrected chi connectivity index (χ4v) is 2.09. The van der Waals surface area contributed by atoms with Gasteiger partial charge in [-0.1, -0.05) is 6.92 Å². The van der Waals surface area contributed by atoms with E-state index >= 15 is 0 Å². The van der Waals surface area contributed by atoms with Crippen molar-refractivity contribution >= 4 is 5.91 Å². The molecule has 0 aromatic heterocycles. The van der Waals surface area contributed by atoms with Crippen LogP contribution in [0.4, 0.5) is 0 Å². The molecule has 1 aliphatic heterocycles. The summed E-state index contributed by atoms with van der Waals surface area (Å²) in [5.74, 6) is -0.273. The molecule has 3 N–H and O–H groups in total. The highest BCUT2D eigenvalue weighted by Gasteiger charge is 2.30. The minimum atomic E-state index is -0.595. The number of carbonyl (C=O) groups excluding carboxylic acids is 1. The maximum absolute atomic E-state index is 11.5. The van der Waals surface area contributed by atoms with Gasteiger partial charge in [0.15, 0.2) is 0 Å². The number of primary amides is 1. The van der Waals surface area contributed by atoms with Gasteiger partial charge in [0.25, 0.3) is 0 Å². The van der Waals surface area contributed by atoms with Gasteiger partial charge in [-0.2, -0.15) is 0 Å². The van der Waals surface area contributed by atoms with Crippen LogP contribution in [0.3, 0.4) is 0 Å². The highest BCUT2D eigenvalue weighted by molar-refractivity contribution is 5.84. The Morgan fingerprint density at radius 2 is 2.24 bits per heavy atom. The summed E-state index contributed by atoms with van der Waals surface area (Å²) in [5.41, 5.74) is 4.86. The quantitative estimate of drug-likeness (QED) is 0.686. The summed E-state index contributed by atoms with van der Waals surface area (Å²) in [6.07, 6.45) is 1.81. The zero-order valence-electron chi connectivity index (χ0n) is 11.0. The van der Waals surface area contributed by atoms with Crippen LogP contribution in [0.5, 0.6) is 0 Å². The van der Waals surface area contributed by atoms with Crippen molar-refractivity contribution in [3.8, 4) is 0 Å². The third-order valence-electron chi connectivity index (χ3n) is 3.35. The number of nitrogens with one attached hydrogen (secondary N) is 1. The Bertz CT molecular complexity index is 240. The van der Waals surface area contributed by atoms with Gasteiger partial charge in [0.05, 0.1) is 12.1 Å². The number of carbonyl (C=O) groups is 1. The van der Waals surface area contributed by atoms with Crippen molar-refractivity contribution in [2.75, 3.05) is 39.4 Å². The SMILES string of the molecule is CCNC(C)(CCN1CCCOCC1)C(N)=O. The summed E-state index contributed by atoms with van der Waals surface area (Å²) < 4.78 is 5.40. The van der Waals surface area contributed by atoms with E-state index < -0.39 is 5.54 Å². The van der Waals surface area contributed by atoms with Gasteiger partial charge in [0.1, 0.15) is 0 Å². The average Bonchev–Trinajstić information content (AvgIpc) is 2.55. The lowest BCUT2D eigenvalue weighted by molar-refractivity contribution is -0.124. The van der Waals surface area contributed by atoms with Gasteiger partial charge in [-0.15, -0.1) is 0 Å². The minimum Gasteiger partial charge on any atom is -0.380 e. The zero-order chi connectivity index (χ0) is 12.7. The molecule has 1 atom stereocenters. The maximum atomic E-state index is 11.5. The monoisotopic (exact) mass is 243 g/mol. The second kappa shape index (κ2) is 6.93. The first-order valence-electron chi connectivity index (χ1n) is 6.43. The van der Waals surface area contributed by atoms with E-state index in [-0.39, 0.29) is 5.91 Å². The van der Waals surface area contributed by atoms with Crippen molar-refractivity contribution in [3.05, 3.63) is 0 Å². The number of hydrogen-bond donors (Lipinski definition) is 2. The molecule has 0 aliphatic carbocycles. The summed E-state index contributed by atoms with van der Waals surface area (Å²) in [6, 6.07) is 0. The Kier molecular flexibility index (Phi) is 5.88. The molecule has 5 heteroatoms. The smallest absolute Gasteiger partial charge is 0.237 e. The standard InChI is InChI=1S/C12H25N3O2/c1-3-14-12(2,11(13)16)5-7-15-6-4-9-17-10-8-15/h14H,3-10H2,1-2H3,(H2,13,16). The second-order valence-corrected chi connectivity index (χ2v) is 4.78. The van der Waals surface area contributed by atoms with E-state index in [0.29, 0.717) is 0 Å². The fourth-order valence-electron chi connectivity index (χ4n) is 2.09. The van der Waals surface area contributed by atoms with Crippen molar-refractivity contribution in [2.24, 2.45) is 5.73 Å². The highest BCUT2D eigenvalue weighted by atomic mass is 16.5. The molecule has 1 rings (SSSR count). The van der Waals surface area contributed by atoms with Crippen LogP contribution in [0, 0.1) is 0 Å². The molecule has 0 aromatic carbocycles. The number of rotatable bonds is 6. The molecule has 1 amide bonds. The number of likely N-dealkylation sites (N-methyl/N-ethyl adjacent to an activating group) is 1. The summed E-state index contributed by atoms with van der Waals surface area (Å²) in [7, 11) is 0. The third kappa shape index (κ3) is 4.61. The molecular weight excluding hydrogens is 218 g/mol. The van der Waals surface area contributed by atoms with E-state index in [1.165, 1.54) is 0 Å². The van der Waals surface area contributed by atoms with Crippen molar-refractivity contribution in [1.82, 2.24) is 10.2 Å². The first kappa shape index (κ1) is 14.4. The minimum absolute atomic E-state index is 0.273. The lowest BCUT2D eigenvalue weighted by Gasteiger charge is -2.30. The van der Waals surface area contributed by atoms with E-state index in [1.807, 2.05) is 13.8 Å². The molecule has 100 valence electrons. The predicted molar refractivity (Wildman–Crippen MR) is 67.8 cm³/mol. The van der Waals surface area contributed by atoms with Gasteiger partial charge in [-0.3, -0.25) is 4.79 Å². The number of nitrogens with two attached hydrogens (primary N) is 1. The lowest BCUT2D eigenvalue weighted by Crippen LogP contribution is -2.54. The molecule has 1 fully saturated rings. The summed E-state index contributed by atoms with van der Waals surface area (Å²) in [6.45, 7) is 9.12. The van der Waals surface area contributed by atoms with Crippen molar-refractivity contribution in [2.45, 2.75) is 32.2 Å². The number of amides is 1. The van der Waals surface area contributed by atoms with Gasteiger partial charge in [-0.05, 0) is 26.3 Å². The van der Waals surface area contributed by atoms with Crippen LogP contribution in [0.25, 0.3) is 0 Å². The topological polar surface area (TPSA) is 67.6 Å². The molecule has 1 aliphatic rings. The van der Waals surface area contributed by atoms with E-state index in [9.17, 15) is 4.79 Å². The first-order chi connectivity index (χ1) is 8.08. The Balaban J connectivity index is 2.42. The Morgan fingerprint density at radius 3 is 2.88 bits per heavy atom. The molecule has 0 radical (unpaired) electrons. The summed E-state index contributed by atoms with van der Waals surface area (Å²) >= 11 is 0. The largest absolute Gasteiger partial charge is 0.380 e. The molecule has 0 aromatic rings. The normalized spacial score (nSPS) is 21.8. The van der Waals surface area contributed by atoms with E-state index in [4.69, 9.17) is 10.5 Å². The molecule has 17 heavy (non-hydrogen) atoms. The fraction of sp³-hybridized carbons (Fsp3) is 0.917. The Morgan fingerprint density at radius 1 is 1.47 bits per heavy atom.